The number of hydrogen-bond acceptors (Lipinski definition) is 4. The molecule has 1 aromatic heterocycles. The molecule has 0 bridgehead atoms. The zero-order valence-corrected chi connectivity index (χ0v) is 22.6. The van der Waals surface area contributed by atoms with E-state index in [0.29, 0.717) is 0 Å². The summed E-state index contributed by atoms with van der Waals surface area (Å²) >= 11 is 1.71. The van der Waals surface area contributed by atoms with E-state index in [1.807, 2.05) is 0 Å². The van der Waals surface area contributed by atoms with Gasteiger partial charge in [0, 0.05) is 31.1 Å². The van der Waals surface area contributed by atoms with Gasteiger partial charge < -0.3 is 15.1 Å². The molecule has 34 heavy (non-hydrogen) atoms. The second-order valence-corrected chi connectivity index (χ2v) is 10.7. The lowest BCUT2D eigenvalue weighted by Crippen LogP contribution is -2.37. The molecule has 0 atom stereocenters. The standard InChI is InChI=1S/C27H35N3OS.2ClH/c1-29-16-11-21(12-17-29)26-22-8-4-3-7-20(22)9-10-24-23(26)19-25(32-24)27(31)28-13-18-30-14-5-2-6-15-30;;/h3-4,7-8,19H,2,5-6,9-18H2,1H3,(H,28,31);2*1H. The molecule has 0 radical (unpaired) electrons. The van der Waals surface area contributed by atoms with Gasteiger partial charge in [0.1, 0.15) is 0 Å². The summed E-state index contributed by atoms with van der Waals surface area (Å²) in [6, 6.07) is 11.1. The van der Waals surface area contributed by atoms with Crippen molar-refractivity contribution in [1.29, 1.82) is 0 Å². The highest BCUT2D eigenvalue weighted by Gasteiger charge is 2.26. The minimum atomic E-state index is 0. The van der Waals surface area contributed by atoms with E-state index in [4.69, 9.17) is 0 Å². The fourth-order valence-electron chi connectivity index (χ4n) is 5.43. The molecule has 186 valence electrons. The van der Waals surface area contributed by atoms with Gasteiger partial charge in [0.2, 0.25) is 0 Å². The van der Waals surface area contributed by atoms with Gasteiger partial charge in [-0.2, -0.15) is 0 Å². The molecular formula is C27H37Cl2N3OS. The maximum Gasteiger partial charge on any atom is 0.261 e. The van der Waals surface area contributed by atoms with Gasteiger partial charge in [0.05, 0.1) is 4.88 Å². The number of carbonyl (C=O) groups is 1. The predicted molar refractivity (Wildman–Crippen MR) is 148 cm³/mol. The molecule has 1 amide bonds. The Morgan fingerprint density at radius 1 is 0.941 bits per heavy atom. The number of thiophene rings is 1. The molecule has 2 fully saturated rings. The first kappa shape index (κ1) is 27.2. The molecule has 0 spiro atoms. The van der Waals surface area contributed by atoms with Crippen molar-refractivity contribution >= 4 is 47.6 Å². The van der Waals surface area contributed by atoms with Crippen LogP contribution in [0.25, 0.3) is 5.57 Å². The Labute approximate surface area is 220 Å². The highest BCUT2D eigenvalue weighted by molar-refractivity contribution is 7.14. The van der Waals surface area contributed by atoms with E-state index in [1.54, 1.807) is 16.9 Å². The lowest BCUT2D eigenvalue weighted by Gasteiger charge is -2.27. The second-order valence-electron chi connectivity index (χ2n) is 9.54. The van der Waals surface area contributed by atoms with Crippen LogP contribution in [0.2, 0.25) is 0 Å². The van der Waals surface area contributed by atoms with Crippen LogP contribution in [0.15, 0.2) is 35.9 Å². The van der Waals surface area contributed by atoms with E-state index < -0.39 is 0 Å². The monoisotopic (exact) mass is 521 g/mol. The number of carbonyl (C=O) groups excluding carboxylic acids is 1. The second kappa shape index (κ2) is 12.5. The van der Waals surface area contributed by atoms with Crippen molar-refractivity contribution in [2.75, 3.05) is 46.3 Å². The van der Waals surface area contributed by atoms with Crippen molar-refractivity contribution in [1.82, 2.24) is 15.1 Å². The van der Waals surface area contributed by atoms with Crippen LogP contribution < -0.4 is 5.32 Å². The first-order valence-electron chi connectivity index (χ1n) is 12.3. The molecule has 5 rings (SSSR count). The van der Waals surface area contributed by atoms with Gasteiger partial charge in [-0.05, 0) is 87.0 Å². The van der Waals surface area contributed by atoms with E-state index in [9.17, 15) is 4.79 Å². The third-order valence-electron chi connectivity index (χ3n) is 7.32. The van der Waals surface area contributed by atoms with Crippen LogP contribution >= 0.6 is 36.2 Å². The Morgan fingerprint density at radius 3 is 2.44 bits per heavy atom. The molecule has 2 aromatic rings. The van der Waals surface area contributed by atoms with Gasteiger partial charge in [-0.1, -0.05) is 36.3 Å². The van der Waals surface area contributed by atoms with Crippen molar-refractivity contribution in [3.8, 4) is 0 Å². The average molecular weight is 523 g/mol. The van der Waals surface area contributed by atoms with Crippen LogP contribution in [0.1, 0.15) is 63.3 Å². The summed E-state index contributed by atoms with van der Waals surface area (Å²) < 4.78 is 0. The van der Waals surface area contributed by atoms with Crippen LogP contribution in [-0.4, -0.2) is 62.0 Å². The van der Waals surface area contributed by atoms with E-state index in [-0.39, 0.29) is 30.7 Å². The fraction of sp³-hybridized carbons (Fsp3) is 0.519. The Hall–Kier alpha value is -1.37. The van der Waals surface area contributed by atoms with E-state index in [2.05, 4.69) is 52.5 Å². The number of likely N-dealkylation sites (tertiary alicyclic amines) is 2. The average Bonchev–Trinajstić information content (AvgIpc) is 3.18. The third kappa shape index (κ3) is 6.06. The number of halogens is 2. The highest BCUT2D eigenvalue weighted by atomic mass is 35.5. The van der Waals surface area contributed by atoms with Crippen LogP contribution in [0, 0.1) is 0 Å². The lowest BCUT2D eigenvalue weighted by atomic mass is 9.87. The summed E-state index contributed by atoms with van der Waals surface area (Å²) in [5.41, 5.74) is 7.14. The molecule has 0 saturated carbocycles. The molecule has 1 N–H and O–H groups in total. The maximum absolute atomic E-state index is 13.0. The smallest absolute Gasteiger partial charge is 0.261 e. The number of amides is 1. The summed E-state index contributed by atoms with van der Waals surface area (Å²) in [4.78, 5) is 20.2. The van der Waals surface area contributed by atoms with Crippen LogP contribution in [0.3, 0.4) is 0 Å². The van der Waals surface area contributed by atoms with Gasteiger partial charge in [0.25, 0.3) is 5.91 Å². The van der Waals surface area contributed by atoms with Crippen molar-refractivity contribution < 1.29 is 4.79 Å². The van der Waals surface area contributed by atoms with Crippen LogP contribution in [0.4, 0.5) is 0 Å². The van der Waals surface area contributed by atoms with Crippen molar-refractivity contribution in [2.24, 2.45) is 0 Å². The first-order valence-corrected chi connectivity index (χ1v) is 13.1. The molecule has 0 unspecified atom stereocenters. The van der Waals surface area contributed by atoms with Gasteiger partial charge in [-0.15, -0.1) is 36.2 Å². The number of rotatable bonds is 4. The first-order chi connectivity index (χ1) is 15.7. The number of nitrogens with zero attached hydrogens (tertiary/aromatic N) is 2. The third-order valence-corrected chi connectivity index (χ3v) is 8.51. The molecular weight excluding hydrogens is 485 g/mol. The van der Waals surface area contributed by atoms with Crippen molar-refractivity contribution in [3.63, 3.8) is 0 Å². The van der Waals surface area contributed by atoms with Crippen LogP contribution in [-0.2, 0) is 12.8 Å². The minimum absolute atomic E-state index is 0. The number of benzene rings is 1. The quantitative estimate of drug-likeness (QED) is 0.582. The van der Waals surface area contributed by atoms with Gasteiger partial charge in [-0.25, -0.2) is 0 Å². The SMILES string of the molecule is CN1CCC(=C2c3ccccc3CCc3sc(C(=O)NCCN4CCCCC4)cc32)CC1.Cl.Cl. The Balaban J connectivity index is 0.00000162. The van der Waals surface area contributed by atoms with Crippen molar-refractivity contribution in [2.45, 2.75) is 44.9 Å². The lowest BCUT2D eigenvalue weighted by molar-refractivity contribution is 0.0950. The molecule has 1 aliphatic carbocycles. The number of piperidine rings is 2. The van der Waals surface area contributed by atoms with Gasteiger partial charge in [-0.3, -0.25) is 4.79 Å². The predicted octanol–water partition coefficient (Wildman–Crippen LogP) is 5.43. The maximum atomic E-state index is 13.0. The summed E-state index contributed by atoms with van der Waals surface area (Å²) in [7, 11) is 2.21. The molecule has 7 heteroatoms. The van der Waals surface area contributed by atoms with E-state index in [0.717, 1.165) is 56.7 Å². The Bertz CT molecular complexity index is 1000. The van der Waals surface area contributed by atoms with Crippen LogP contribution in [0.5, 0.6) is 0 Å². The van der Waals surface area contributed by atoms with E-state index >= 15 is 0 Å². The largest absolute Gasteiger partial charge is 0.350 e. The number of hydrogen-bond donors (Lipinski definition) is 1. The molecule has 3 aliphatic rings. The molecule has 2 aliphatic heterocycles. The van der Waals surface area contributed by atoms with Gasteiger partial charge >= 0.3 is 0 Å². The topological polar surface area (TPSA) is 35.6 Å². The number of nitrogens with one attached hydrogen (secondary N) is 1. The molecule has 4 nitrogen and oxygen atoms in total. The summed E-state index contributed by atoms with van der Waals surface area (Å²) in [6.07, 6.45) is 8.24. The van der Waals surface area contributed by atoms with E-state index in [1.165, 1.54) is 59.5 Å². The van der Waals surface area contributed by atoms with Crippen molar-refractivity contribution in [3.05, 3.63) is 62.3 Å². The summed E-state index contributed by atoms with van der Waals surface area (Å²) in [5.74, 6) is 0.0982. The fourth-order valence-corrected chi connectivity index (χ4v) is 6.51. The summed E-state index contributed by atoms with van der Waals surface area (Å²) in [6.45, 7) is 6.29. The molecule has 1 aromatic carbocycles. The number of aryl methyl sites for hydroxylation is 2. The Kier molecular flexibility index (Phi) is 10.0. The molecule has 3 heterocycles. The zero-order chi connectivity index (χ0) is 21.9. The zero-order valence-electron chi connectivity index (χ0n) is 20.1. The minimum Gasteiger partial charge on any atom is -0.350 e. The summed E-state index contributed by atoms with van der Waals surface area (Å²) in [5, 5.41) is 3.20. The molecule has 2 saturated heterocycles. The normalized spacial score (nSPS) is 18.7. The van der Waals surface area contributed by atoms with Gasteiger partial charge in [0.15, 0.2) is 0 Å². The highest BCUT2D eigenvalue weighted by Crippen LogP contribution is 2.41. The number of fused-ring (bicyclic) bond motifs is 2. The Morgan fingerprint density at radius 2 is 1.68 bits per heavy atom.